The van der Waals surface area contributed by atoms with Crippen molar-refractivity contribution in [2.24, 2.45) is 5.92 Å². The van der Waals surface area contributed by atoms with Gasteiger partial charge in [0.05, 0.1) is 17.0 Å². The molecule has 1 heterocycles. The van der Waals surface area contributed by atoms with E-state index in [4.69, 9.17) is 27.0 Å². The van der Waals surface area contributed by atoms with Crippen LogP contribution in [0.5, 0.6) is 0 Å². The molecule has 0 aromatic heterocycles. The Morgan fingerprint density at radius 1 is 1.45 bits per heavy atom. The molecule has 1 aromatic carbocycles. The molecular weight excluding hydrogens is 325 g/mol. The predicted octanol–water partition coefficient (Wildman–Crippen LogP) is 2.63. The molecule has 2 unspecified atom stereocenters. The van der Waals surface area contributed by atoms with Gasteiger partial charge in [0, 0.05) is 23.0 Å². The lowest BCUT2D eigenvalue weighted by Crippen LogP contribution is -2.27. The molecule has 0 saturated carbocycles. The predicted molar refractivity (Wildman–Crippen MR) is 76.6 cm³/mol. The molecule has 2 atom stereocenters. The van der Waals surface area contributed by atoms with Crippen LogP contribution in [-0.4, -0.2) is 27.0 Å². The first-order valence-corrected chi connectivity index (χ1v) is 8.64. The molecule has 1 N–H and O–H groups in total. The van der Waals surface area contributed by atoms with Crippen molar-refractivity contribution in [3.8, 4) is 0 Å². The Morgan fingerprint density at radius 2 is 2.15 bits per heavy atom. The number of hydrogen-bond acceptors (Lipinski definition) is 4. The summed E-state index contributed by atoms with van der Waals surface area (Å²) in [6.07, 6.45) is 0.530. The van der Waals surface area contributed by atoms with Gasteiger partial charge in [0.25, 0.3) is 9.05 Å². The van der Waals surface area contributed by atoms with Gasteiger partial charge in [-0.15, -0.1) is 0 Å². The summed E-state index contributed by atoms with van der Waals surface area (Å²) in [5.74, 6) is -0.391. The molecule has 8 heteroatoms. The number of amides is 1. The molecule has 1 aromatic rings. The zero-order valence-electron chi connectivity index (χ0n) is 10.6. The highest BCUT2D eigenvalue weighted by Gasteiger charge is 2.30. The Balaban J connectivity index is 2.15. The highest BCUT2D eigenvalue weighted by molar-refractivity contribution is 8.13. The molecule has 1 aliphatic heterocycles. The lowest BCUT2D eigenvalue weighted by atomic mass is 10.0. The fraction of sp³-hybridized carbons (Fsp3) is 0.417. The van der Waals surface area contributed by atoms with Crippen molar-refractivity contribution in [1.82, 2.24) is 0 Å². The van der Waals surface area contributed by atoms with Crippen LogP contribution in [0.3, 0.4) is 0 Å². The van der Waals surface area contributed by atoms with Gasteiger partial charge in [-0.3, -0.25) is 4.79 Å². The summed E-state index contributed by atoms with van der Waals surface area (Å²) in [4.78, 5) is 11.9. The average Bonchev–Trinajstić information content (AvgIpc) is 2.73. The molecule has 1 amide bonds. The number of rotatable bonds is 3. The van der Waals surface area contributed by atoms with E-state index in [-0.39, 0.29) is 27.8 Å². The van der Waals surface area contributed by atoms with Crippen LogP contribution in [0.25, 0.3) is 0 Å². The summed E-state index contributed by atoms with van der Waals surface area (Å²) in [6, 6.07) is 4.06. The second-order valence-electron chi connectivity index (χ2n) is 4.54. The Bertz CT molecular complexity index is 632. The average molecular weight is 338 g/mol. The lowest BCUT2D eigenvalue weighted by Gasteiger charge is -2.14. The van der Waals surface area contributed by atoms with E-state index in [2.05, 4.69) is 5.32 Å². The largest absolute Gasteiger partial charge is 0.378 e. The van der Waals surface area contributed by atoms with Gasteiger partial charge in [0.1, 0.15) is 4.90 Å². The normalized spacial score (nSPS) is 22.8. The highest BCUT2D eigenvalue weighted by Crippen LogP contribution is 2.28. The SMILES string of the molecule is CC1OCCC1C(=O)Nc1ccc(S(=O)(=O)Cl)c(Cl)c1. The quantitative estimate of drug-likeness (QED) is 0.860. The van der Waals surface area contributed by atoms with Crippen molar-refractivity contribution in [2.75, 3.05) is 11.9 Å². The maximum absolute atomic E-state index is 12.0. The van der Waals surface area contributed by atoms with Crippen LogP contribution >= 0.6 is 22.3 Å². The number of carbonyl (C=O) groups excluding carboxylic acids is 1. The van der Waals surface area contributed by atoms with Gasteiger partial charge < -0.3 is 10.1 Å². The molecule has 1 aliphatic rings. The van der Waals surface area contributed by atoms with Gasteiger partial charge in [-0.2, -0.15) is 0 Å². The van der Waals surface area contributed by atoms with Crippen LogP contribution in [0.4, 0.5) is 5.69 Å². The van der Waals surface area contributed by atoms with Crippen molar-refractivity contribution in [3.05, 3.63) is 23.2 Å². The summed E-state index contributed by atoms with van der Waals surface area (Å²) in [6.45, 7) is 2.40. The van der Waals surface area contributed by atoms with E-state index >= 15 is 0 Å². The third kappa shape index (κ3) is 3.44. The number of halogens is 2. The minimum absolute atomic E-state index is 0.0338. The van der Waals surface area contributed by atoms with Crippen LogP contribution in [0, 0.1) is 5.92 Å². The van der Waals surface area contributed by atoms with Gasteiger partial charge in [-0.25, -0.2) is 8.42 Å². The van der Waals surface area contributed by atoms with Gasteiger partial charge in [-0.1, -0.05) is 11.6 Å². The molecule has 0 radical (unpaired) electrons. The standard InChI is InChI=1S/C12H13Cl2NO4S/c1-7-9(4-5-19-7)12(16)15-8-2-3-11(10(13)6-8)20(14,17)18/h2-3,6-7,9H,4-5H2,1H3,(H,15,16). The van der Waals surface area contributed by atoms with Gasteiger partial charge in [0.2, 0.25) is 5.91 Å². The first-order valence-electron chi connectivity index (χ1n) is 5.95. The zero-order valence-corrected chi connectivity index (χ0v) is 12.9. The maximum Gasteiger partial charge on any atom is 0.262 e. The fourth-order valence-corrected chi connectivity index (χ4v) is 3.62. The zero-order chi connectivity index (χ0) is 14.9. The second kappa shape index (κ2) is 5.89. The first kappa shape index (κ1) is 15.6. The Labute approximate surface area is 126 Å². The second-order valence-corrected chi connectivity index (χ2v) is 7.48. The van der Waals surface area contributed by atoms with Crippen LogP contribution in [0.15, 0.2) is 23.1 Å². The first-order chi connectivity index (χ1) is 9.29. The summed E-state index contributed by atoms with van der Waals surface area (Å²) < 4.78 is 27.8. The lowest BCUT2D eigenvalue weighted by molar-refractivity contribution is -0.121. The third-order valence-corrected chi connectivity index (χ3v) is 4.98. The molecule has 0 spiro atoms. The number of anilines is 1. The third-order valence-electron chi connectivity index (χ3n) is 3.18. The molecule has 1 fully saturated rings. The molecule has 0 bridgehead atoms. The summed E-state index contributed by atoms with van der Waals surface area (Å²) in [5, 5.41) is 2.66. The fourth-order valence-electron chi connectivity index (χ4n) is 2.09. The minimum atomic E-state index is -3.90. The number of nitrogens with one attached hydrogen (secondary N) is 1. The summed E-state index contributed by atoms with van der Waals surface area (Å²) >= 11 is 5.85. The summed E-state index contributed by atoms with van der Waals surface area (Å²) in [7, 11) is 1.33. The molecule has 0 aliphatic carbocycles. The number of hydrogen-bond donors (Lipinski definition) is 1. The van der Waals surface area contributed by atoms with E-state index < -0.39 is 9.05 Å². The monoisotopic (exact) mass is 337 g/mol. The van der Waals surface area contributed by atoms with Gasteiger partial charge in [-0.05, 0) is 31.5 Å². The van der Waals surface area contributed by atoms with E-state index in [1.807, 2.05) is 6.92 Å². The van der Waals surface area contributed by atoms with Crippen molar-refractivity contribution in [1.29, 1.82) is 0 Å². The van der Waals surface area contributed by atoms with E-state index in [0.717, 1.165) is 0 Å². The van der Waals surface area contributed by atoms with Gasteiger partial charge in [0.15, 0.2) is 0 Å². The smallest absolute Gasteiger partial charge is 0.262 e. The molecule has 20 heavy (non-hydrogen) atoms. The van der Waals surface area contributed by atoms with Crippen LogP contribution in [-0.2, 0) is 18.6 Å². The molecular formula is C12H13Cl2NO4S. The van der Waals surface area contributed by atoms with Gasteiger partial charge >= 0.3 is 0 Å². The molecule has 5 nitrogen and oxygen atoms in total. The van der Waals surface area contributed by atoms with Crippen molar-refractivity contribution >= 4 is 42.9 Å². The van der Waals surface area contributed by atoms with Crippen molar-refractivity contribution in [3.63, 3.8) is 0 Å². The van der Waals surface area contributed by atoms with E-state index in [0.29, 0.717) is 18.7 Å². The van der Waals surface area contributed by atoms with E-state index in [1.165, 1.54) is 18.2 Å². The topological polar surface area (TPSA) is 72.5 Å². The Hall–Kier alpha value is -0.820. The maximum atomic E-state index is 12.0. The van der Waals surface area contributed by atoms with E-state index in [9.17, 15) is 13.2 Å². The number of benzene rings is 1. The molecule has 110 valence electrons. The van der Waals surface area contributed by atoms with Crippen LogP contribution in [0.1, 0.15) is 13.3 Å². The van der Waals surface area contributed by atoms with E-state index in [1.54, 1.807) is 0 Å². The Kier molecular flexibility index (Phi) is 4.59. The molecule has 2 rings (SSSR count). The minimum Gasteiger partial charge on any atom is -0.378 e. The van der Waals surface area contributed by atoms with Crippen molar-refractivity contribution < 1.29 is 17.9 Å². The number of ether oxygens (including phenoxy) is 1. The van der Waals surface area contributed by atoms with Crippen molar-refractivity contribution in [2.45, 2.75) is 24.3 Å². The summed E-state index contributed by atoms with van der Waals surface area (Å²) in [5.41, 5.74) is 0.420. The highest BCUT2D eigenvalue weighted by atomic mass is 35.7. The van der Waals surface area contributed by atoms with Crippen LogP contribution < -0.4 is 5.32 Å². The number of carbonyl (C=O) groups is 1. The van der Waals surface area contributed by atoms with Crippen LogP contribution in [0.2, 0.25) is 5.02 Å². The molecule has 1 saturated heterocycles. The Morgan fingerprint density at radius 3 is 2.65 bits per heavy atom.